The van der Waals surface area contributed by atoms with Gasteiger partial charge < -0.3 is 15.3 Å². The van der Waals surface area contributed by atoms with Gasteiger partial charge in [0, 0.05) is 19.1 Å². The molecule has 1 aliphatic heterocycles. The topological polar surface area (TPSA) is 69.6 Å². The molecule has 2 rings (SSSR count). The van der Waals surface area contributed by atoms with Crippen LogP contribution in [0.5, 0.6) is 0 Å². The molecule has 0 saturated carbocycles. The van der Waals surface area contributed by atoms with Crippen molar-refractivity contribution >= 4 is 12.0 Å². The number of likely N-dealkylation sites (tertiary alicyclic amines) is 1. The van der Waals surface area contributed by atoms with Gasteiger partial charge in [0.15, 0.2) is 0 Å². The molecule has 2 amide bonds. The number of carbonyl (C=O) groups excluding carboxylic acids is 1. The summed E-state index contributed by atoms with van der Waals surface area (Å²) in [4.78, 5) is 23.9. The Kier molecular flexibility index (Phi) is 4.43. The third-order valence-electron chi connectivity index (χ3n) is 3.94. The molecule has 3 atom stereocenters. The summed E-state index contributed by atoms with van der Waals surface area (Å²) in [7, 11) is 0. The summed E-state index contributed by atoms with van der Waals surface area (Å²) in [5, 5.41) is 11.6. The first-order chi connectivity index (χ1) is 9.79. The number of amides is 2. The van der Waals surface area contributed by atoms with E-state index >= 15 is 0 Å². The minimum Gasteiger partial charge on any atom is -0.481 e. The zero-order valence-corrected chi connectivity index (χ0v) is 11.3. The normalized spacial score (nSPS) is 29.5. The molecule has 0 bridgehead atoms. The number of hydrogen-bond donors (Lipinski definition) is 2. The second-order valence-corrected chi connectivity index (χ2v) is 5.43. The predicted molar refractivity (Wildman–Crippen MR) is 67.6 cm³/mol. The zero-order valence-electron chi connectivity index (χ0n) is 11.3. The van der Waals surface area contributed by atoms with Crippen LogP contribution in [0.1, 0.15) is 19.3 Å². The summed E-state index contributed by atoms with van der Waals surface area (Å²) >= 11 is 0. The first kappa shape index (κ1) is 15.7. The molecule has 0 aromatic rings. The molecule has 118 valence electrons. The maximum absolute atomic E-state index is 12.8. The van der Waals surface area contributed by atoms with Crippen LogP contribution in [0.4, 0.5) is 18.0 Å². The molecule has 8 heteroatoms. The van der Waals surface area contributed by atoms with Crippen LogP contribution in [0.25, 0.3) is 0 Å². The van der Waals surface area contributed by atoms with E-state index < -0.39 is 43.1 Å². The first-order valence-electron chi connectivity index (χ1n) is 6.79. The minimum atomic E-state index is -4.62. The molecule has 1 unspecified atom stereocenters. The van der Waals surface area contributed by atoms with E-state index in [1.165, 1.54) is 0 Å². The Balaban J connectivity index is 1.99. The van der Waals surface area contributed by atoms with E-state index in [9.17, 15) is 22.8 Å². The van der Waals surface area contributed by atoms with Crippen molar-refractivity contribution in [2.45, 2.75) is 31.5 Å². The van der Waals surface area contributed by atoms with Gasteiger partial charge in [-0.05, 0) is 19.3 Å². The second-order valence-electron chi connectivity index (χ2n) is 5.43. The highest BCUT2D eigenvalue weighted by molar-refractivity contribution is 5.78. The summed E-state index contributed by atoms with van der Waals surface area (Å²) in [5.41, 5.74) is 0. The van der Waals surface area contributed by atoms with Crippen LogP contribution >= 0.6 is 0 Å². The van der Waals surface area contributed by atoms with Gasteiger partial charge in [-0.15, -0.1) is 0 Å². The molecule has 1 heterocycles. The van der Waals surface area contributed by atoms with Crippen molar-refractivity contribution in [3.63, 3.8) is 0 Å². The second kappa shape index (κ2) is 5.95. The average molecular weight is 306 g/mol. The van der Waals surface area contributed by atoms with E-state index in [1.54, 1.807) is 0 Å². The van der Waals surface area contributed by atoms with Gasteiger partial charge in [0.25, 0.3) is 0 Å². The van der Waals surface area contributed by atoms with Crippen molar-refractivity contribution in [1.29, 1.82) is 0 Å². The third kappa shape index (κ3) is 3.68. The van der Waals surface area contributed by atoms with E-state index in [1.807, 2.05) is 12.2 Å². The molecule has 0 spiro atoms. The van der Waals surface area contributed by atoms with Crippen molar-refractivity contribution < 1.29 is 27.9 Å². The molecular formula is C13H17F3N2O3. The number of halogens is 3. The van der Waals surface area contributed by atoms with Crippen LogP contribution in [0.2, 0.25) is 0 Å². The summed E-state index contributed by atoms with van der Waals surface area (Å²) in [6.07, 6.45) is 1.47. The fraction of sp³-hybridized carbons (Fsp3) is 0.692. The quantitative estimate of drug-likeness (QED) is 0.767. The fourth-order valence-corrected chi connectivity index (χ4v) is 2.74. The lowest BCUT2D eigenvalue weighted by Crippen LogP contribution is -2.44. The maximum Gasteiger partial charge on any atom is 0.394 e. The number of aliphatic carboxylic acids is 1. The van der Waals surface area contributed by atoms with E-state index in [2.05, 4.69) is 5.32 Å². The number of nitrogens with one attached hydrogen (secondary N) is 1. The Morgan fingerprint density at radius 3 is 2.43 bits per heavy atom. The lowest BCUT2D eigenvalue weighted by molar-refractivity contribution is -0.187. The van der Waals surface area contributed by atoms with E-state index in [-0.39, 0.29) is 6.04 Å². The van der Waals surface area contributed by atoms with Crippen LogP contribution in [0.3, 0.4) is 0 Å². The van der Waals surface area contributed by atoms with Gasteiger partial charge in [-0.3, -0.25) is 4.79 Å². The van der Waals surface area contributed by atoms with Crippen molar-refractivity contribution in [1.82, 2.24) is 10.2 Å². The molecule has 2 N–H and O–H groups in total. The number of rotatable bonds is 2. The van der Waals surface area contributed by atoms with Crippen molar-refractivity contribution in [3.05, 3.63) is 12.2 Å². The highest BCUT2D eigenvalue weighted by Gasteiger charge is 2.53. The summed E-state index contributed by atoms with van der Waals surface area (Å²) in [6.45, 7) is -1.01. The molecule has 0 radical (unpaired) electrons. The number of carbonyl (C=O) groups is 2. The summed E-state index contributed by atoms with van der Waals surface area (Å²) in [5.74, 6) is -5.12. The van der Waals surface area contributed by atoms with Crippen molar-refractivity contribution in [2.24, 2.45) is 11.8 Å². The van der Waals surface area contributed by atoms with Crippen LogP contribution in [-0.2, 0) is 4.79 Å². The number of carboxylic acid groups (broad SMARTS) is 1. The predicted octanol–water partition coefficient (Wildman–Crippen LogP) is 2.00. The zero-order chi connectivity index (χ0) is 15.6. The maximum atomic E-state index is 12.8. The van der Waals surface area contributed by atoms with Crippen LogP contribution in [0, 0.1) is 11.8 Å². The number of hydrogen-bond acceptors (Lipinski definition) is 2. The van der Waals surface area contributed by atoms with Gasteiger partial charge in [0.1, 0.15) is 0 Å². The molecule has 5 nitrogen and oxygen atoms in total. The van der Waals surface area contributed by atoms with Crippen molar-refractivity contribution in [3.8, 4) is 0 Å². The van der Waals surface area contributed by atoms with Gasteiger partial charge in [-0.1, -0.05) is 12.2 Å². The molecule has 21 heavy (non-hydrogen) atoms. The molecule has 1 saturated heterocycles. The lowest BCUT2D eigenvalue weighted by atomic mass is 9.96. The summed E-state index contributed by atoms with van der Waals surface area (Å²) < 4.78 is 38.5. The SMILES string of the molecule is O=C(O)[C@@H]1CN(C(=O)NC2CC=CCC2)C[C@H]1C(F)(F)F. The molecule has 1 aliphatic carbocycles. The first-order valence-corrected chi connectivity index (χ1v) is 6.79. The Labute approximate surface area is 119 Å². The summed E-state index contributed by atoms with van der Waals surface area (Å²) in [6, 6.07) is -0.719. The molecule has 0 aromatic carbocycles. The Hall–Kier alpha value is -1.73. The molecule has 0 aromatic heterocycles. The number of urea groups is 1. The molecule has 2 aliphatic rings. The van der Waals surface area contributed by atoms with E-state index in [0.717, 1.165) is 17.7 Å². The average Bonchev–Trinajstić information content (AvgIpc) is 2.85. The number of nitrogens with zero attached hydrogens (tertiary/aromatic N) is 1. The van der Waals surface area contributed by atoms with Crippen LogP contribution < -0.4 is 5.32 Å². The van der Waals surface area contributed by atoms with Gasteiger partial charge in [0.2, 0.25) is 0 Å². The van der Waals surface area contributed by atoms with E-state index in [4.69, 9.17) is 5.11 Å². The van der Waals surface area contributed by atoms with E-state index in [0.29, 0.717) is 6.42 Å². The fourth-order valence-electron chi connectivity index (χ4n) is 2.74. The number of alkyl halides is 3. The lowest BCUT2D eigenvalue weighted by Gasteiger charge is -2.24. The van der Waals surface area contributed by atoms with Crippen LogP contribution in [-0.4, -0.2) is 47.3 Å². The highest BCUT2D eigenvalue weighted by Crippen LogP contribution is 2.37. The Morgan fingerprint density at radius 1 is 1.24 bits per heavy atom. The van der Waals surface area contributed by atoms with Gasteiger partial charge in [-0.25, -0.2) is 4.79 Å². The Bertz CT molecular complexity index is 450. The highest BCUT2D eigenvalue weighted by atomic mass is 19.4. The smallest absolute Gasteiger partial charge is 0.394 e. The third-order valence-corrected chi connectivity index (χ3v) is 3.94. The largest absolute Gasteiger partial charge is 0.481 e. The Morgan fingerprint density at radius 2 is 1.95 bits per heavy atom. The number of carboxylic acids is 1. The van der Waals surface area contributed by atoms with Crippen molar-refractivity contribution in [2.75, 3.05) is 13.1 Å². The van der Waals surface area contributed by atoms with Gasteiger partial charge >= 0.3 is 18.2 Å². The molecule has 1 fully saturated rings. The molecular weight excluding hydrogens is 289 g/mol. The monoisotopic (exact) mass is 306 g/mol. The number of allylic oxidation sites excluding steroid dienone is 1. The van der Waals surface area contributed by atoms with Gasteiger partial charge in [0.05, 0.1) is 11.8 Å². The van der Waals surface area contributed by atoms with Crippen LogP contribution in [0.15, 0.2) is 12.2 Å². The minimum absolute atomic E-state index is 0.101. The van der Waals surface area contributed by atoms with Gasteiger partial charge in [-0.2, -0.15) is 13.2 Å². The standard InChI is InChI=1S/C13H17F3N2O3/c14-13(15,16)10-7-18(6-9(10)11(19)20)12(21)17-8-4-2-1-3-5-8/h1-2,8-10H,3-7H2,(H,17,21)(H,19,20)/t8?,9-,10-/m1/s1.